The fraction of sp³-hybridized carbons (Fsp3) is 0.773. The third kappa shape index (κ3) is 2.49. The lowest BCUT2D eigenvalue weighted by Gasteiger charge is -2.51. The first-order valence-corrected chi connectivity index (χ1v) is 10.0. The summed E-state index contributed by atoms with van der Waals surface area (Å²) in [5.74, 6) is 3.65. The summed E-state index contributed by atoms with van der Waals surface area (Å²) >= 11 is 5.83. The van der Waals surface area contributed by atoms with E-state index in [-0.39, 0.29) is 5.41 Å². The standard InChI is InChI=1S/C22H33Cl/c1-15(2)21(4)12-10-18-17(7-6-14-23)9-8-16(3)20-19(18)11-13-22(20,21)5/h6,13-18,20H,7-10,12H2,1-5H3/b14-6+. The zero-order valence-electron chi connectivity index (χ0n) is 15.5. The molecule has 0 saturated heterocycles. The van der Waals surface area contributed by atoms with E-state index in [1.165, 1.54) is 25.7 Å². The molecule has 0 spiro atoms. The summed E-state index contributed by atoms with van der Waals surface area (Å²) in [5.41, 5.74) is 7.85. The first-order chi connectivity index (χ1) is 10.8. The third-order valence-electron chi connectivity index (χ3n) is 8.06. The molecule has 0 aromatic rings. The summed E-state index contributed by atoms with van der Waals surface area (Å²) in [5, 5.41) is 0. The number of hydrogen-bond acceptors (Lipinski definition) is 0. The van der Waals surface area contributed by atoms with Crippen LogP contribution < -0.4 is 0 Å². The molecule has 0 heterocycles. The van der Waals surface area contributed by atoms with Crippen LogP contribution in [0, 0.1) is 40.4 Å². The topological polar surface area (TPSA) is 0 Å². The van der Waals surface area contributed by atoms with E-state index in [1.807, 2.05) is 0 Å². The molecule has 23 heavy (non-hydrogen) atoms. The number of allylic oxidation sites excluding steroid dienone is 2. The van der Waals surface area contributed by atoms with Crippen LogP contribution in [0.3, 0.4) is 0 Å². The second kappa shape index (κ2) is 6.12. The fourth-order valence-corrected chi connectivity index (χ4v) is 6.23. The molecule has 0 aromatic heterocycles. The molecule has 0 amide bonds. The van der Waals surface area contributed by atoms with Crippen molar-refractivity contribution in [2.75, 3.05) is 0 Å². The van der Waals surface area contributed by atoms with Crippen molar-refractivity contribution in [2.24, 2.45) is 40.4 Å². The Balaban J connectivity index is 2.06. The van der Waals surface area contributed by atoms with Gasteiger partial charge in [-0.05, 0) is 72.8 Å². The van der Waals surface area contributed by atoms with Gasteiger partial charge in [-0.3, -0.25) is 0 Å². The van der Waals surface area contributed by atoms with Gasteiger partial charge >= 0.3 is 0 Å². The Morgan fingerprint density at radius 1 is 1.30 bits per heavy atom. The highest BCUT2D eigenvalue weighted by molar-refractivity contribution is 6.25. The molecule has 0 radical (unpaired) electrons. The first-order valence-electron chi connectivity index (χ1n) is 9.58. The van der Waals surface area contributed by atoms with Gasteiger partial charge in [0.15, 0.2) is 0 Å². The molecule has 0 aromatic carbocycles. The largest absolute Gasteiger partial charge is 0.125 e. The van der Waals surface area contributed by atoms with Gasteiger partial charge in [0, 0.05) is 16.9 Å². The Hall–Kier alpha value is -0.450. The van der Waals surface area contributed by atoms with Gasteiger partial charge in [0.05, 0.1) is 0 Å². The van der Waals surface area contributed by atoms with E-state index in [0.717, 1.165) is 24.2 Å². The van der Waals surface area contributed by atoms with Crippen molar-refractivity contribution in [3.05, 3.63) is 29.0 Å². The van der Waals surface area contributed by atoms with Crippen molar-refractivity contribution in [3.8, 4) is 0 Å². The van der Waals surface area contributed by atoms with Crippen molar-refractivity contribution in [2.45, 2.75) is 66.7 Å². The minimum absolute atomic E-state index is 0.280. The van der Waals surface area contributed by atoms with Gasteiger partial charge in [-0.25, -0.2) is 0 Å². The van der Waals surface area contributed by atoms with Gasteiger partial charge in [-0.1, -0.05) is 52.3 Å². The zero-order valence-corrected chi connectivity index (χ0v) is 16.3. The highest BCUT2D eigenvalue weighted by Gasteiger charge is 2.58. The zero-order chi connectivity index (χ0) is 16.8. The van der Waals surface area contributed by atoms with E-state index in [9.17, 15) is 0 Å². The Bertz CT molecular complexity index is 550. The molecule has 0 aliphatic heterocycles. The minimum Gasteiger partial charge on any atom is -0.125 e. The maximum atomic E-state index is 5.83. The van der Waals surface area contributed by atoms with E-state index in [1.54, 1.807) is 11.1 Å². The van der Waals surface area contributed by atoms with Gasteiger partial charge in [0.2, 0.25) is 0 Å². The van der Waals surface area contributed by atoms with E-state index in [4.69, 9.17) is 11.6 Å². The molecule has 3 rings (SSSR count). The third-order valence-corrected chi connectivity index (χ3v) is 8.24. The predicted molar refractivity (Wildman–Crippen MR) is 100 cm³/mol. The number of rotatable bonds is 3. The highest BCUT2D eigenvalue weighted by Crippen LogP contribution is 2.65. The summed E-state index contributed by atoms with van der Waals surface area (Å²) in [6.07, 6.45) is 11.2. The molecule has 4 bridgehead atoms. The predicted octanol–water partition coefficient (Wildman–Crippen LogP) is 6.97. The van der Waals surface area contributed by atoms with Gasteiger partial charge < -0.3 is 0 Å². The Kier molecular flexibility index (Phi) is 4.63. The number of halogens is 1. The Morgan fingerprint density at radius 3 is 2.70 bits per heavy atom. The molecule has 2 saturated carbocycles. The van der Waals surface area contributed by atoms with Crippen LogP contribution in [0.4, 0.5) is 0 Å². The van der Waals surface area contributed by atoms with E-state index in [0.29, 0.717) is 17.3 Å². The first kappa shape index (κ1) is 17.4. The Morgan fingerprint density at radius 2 is 2.04 bits per heavy atom. The average Bonchev–Trinajstić information content (AvgIpc) is 2.75. The highest BCUT2D eigenvalue weighted by atomic mass is 35.5. The van der Waals surface area contributed by atoms with Gasteiger partial charge in [-0.2, -0.15) is 0 Å². The van der Waals surface area contributed by atoms with Gasteiger partial charge in [0.1, 0.15) is 0 Å². The van der Waals surface area contributed by atoms with Crippen molar-refractivity contribution >= 4 is 11.6 Å². The van der Waals surface area contributed by atoms with Crippen molar-refractivity contribution < 1.29 is 0 Å². The van der Waals surface area contributed by atoms with E-state index < -0.39 is 0 Å². The summed E-state index contributed by atoms with van der Waals surface area (Å²) in [7, 11) is 0. The molecule has 0 N–H and O–H groups in total. The van der Waals surface area contributed by atoms with E-state index in [2.05, 4.69) is 52.5 Å². The SMILES string of the molecule is CC1CCC(C/C=C/Cl)C2CCC(C)(C(C)C)C3(C)C=C=C2C13. The van der Waals surface area contributed by atoms with Crippen LogP contribution in [0.1, 0.15) is 66.7 Å². The minimum atomic E-state index is 0.280. The molecule has 2 fully saturated rings. The van der Waals surface area contributed by atoms with Crippen LogP contribution in [-0.2, 0) is 0 Å². The lowest BCUT2D eigenvalue weighted by Crippen LogP contribution is -2.45. The second-order valence-electron chi connectivity index (χ2n) is 9.13. The Labute approximate surface area is 148 Å². The molecular formula is C22H33Cl. The maximum Gasteiger partial charge on any atom is 0.00595 e. The lowest BCUT2D eigenvalue weighted by atomic mass is 9.53. The number of hydrogen-bond donors (Lipinski definition) is 0. The average molecular weight is 333 g/mol. The summed E-state index contributed by atoms with van der Waals surface area (Å²) in [6.45, 7) is 12.4. The van der Waals surface area contributed by atoms with Crippen molar-refractivity contribution in [1.82, 2.24) is 0 Å². The van der Waals surface area contributed by atoms with Crippen molar-refractivity contribution in [1.29, 1.82) is 0 Å². The maximum absolute atomic E-state index is 5.83. The van der Waals surface area contributed by atoms with Gasteiger partial charge in [-0.15, -0.1) is 5.73 Å². The second-order valence-corrected chi connectivity index (χ2v) is 9.39. The van der Waals surface area contributed by atoms with Crippen LogP contribution >= 0.6 is 11.6 Å². The molecule has 6 atom stereocenters. The lowest BCUT2D eigenvalue weighted by molar-refractivity contribution is 0.00542. The summed E-state index contributed by atoms with van der Waals surface area (Å²) in [4.78, 5) is 0. The van der Waals surface area contributed by atoms with Crippen LogP contribution in [0.25, 0.3) is 0 Å². The molecular weight excluding hydrogens is 300 g/mol. The van der Waals surface area contributed by atoms with Gasteiger partial charge in [0.25, 0.3) is 0 Å². The smallest absolute Gasteiger partial charge is 0.00595 e. The monoisotopic (exact) mass is 332 g/mol. The van der Waals surface area contributed by atoms with Crippen LogP contribution in [-0.4, -0.2) is 0 Å². The molecule has 3 aliphatic rings. The summed E-state index contributed by atoms with van der Waals surface area (Å²) in [6, 6.07) is 0. The molecule has 1 heteroatoms. The van der Waals surface area contributed by atoms with Crippen LogP contribution in [0.5, 0.6) is 0 Å². The van der Waals surface area contributed by atoms with Crippen LogP contribution in [0.15, 0.2) is 29.0 Å². The molecule has 128 valence electrons. The summed E-state index contributed by atoms with van der Waals surface area (Å²) < 4.78 is 0. The van der Waals surface area contributed by atoms with Crippen molar-refractivity contribution in [3.63, 3.8) is 0 Å². The quantitative estimate of drug-likeness (QED) is 0.490. The molecule has 3 aliphatic carbocycles. The molecule has 0 nitrogen and oxygen atoms in total. The fourth-order valence-electron chi connectivity index (χ4n) is 6.12. The van der Waals surface area contributed by atoms with Crippen LogP contribution in [0.2, 0.25) is 0 Å². The normalized spacial score (nSPS) is 46.1. The molecule has 6 unspecified atom stereocenters. The van der Waals surface area contributed by atoms with E-state index >= 15 is 0 Å².